The van der Waals surface area contributed by atoms with Gasteiger partial charge in [-0.25, -0.2) is 0 Å². The molecule has 0 heterocycles. The van der Waals surface area contributed by atoms with Crippen molar-refractivity contribution in [2.45, 2.75) is 40.5 Å². The molecule has 1 atom stereocenters. The first kappa shape index (κ1) is 11.1. The molecule has 0 fully saturated rings. The molecule has 0 aromatic carbocycles. The second-order valence-corrected chi connectivity index (χ2v) is 3.31. The lowest BCUT2D eigenvalue weighted by Gasteiger charge is -1.97. The largest absolute Gasteiger partial charge is 0.106 e. The van der Waals surface area contributed by atoms with Crippen molar-refractivity contribution in [2.75, 3.05) is 0 Å². The minimum atomic E-state index is 0.497. The Morgan fingerprint density at radius 2 is 1.75 bits per heavy atom. The molecular weight excluding hydrogens is 144 g/mol. The molecule has 0 aliphatic rings. The molecule has 0 rings (SSSR count). The fourth-order valence-corrected chi connectivity index (χ4v) is 0.884. The Balaban J connectivity index is 3.56. The summed E-state index contributed by atoms with van der Waals surface area (Å²) in [5.74, 6) is 13.3. The summed E-state index contributed by atoms with van der Waals surface area (Å²) in [6.45, 7) is 8.26. The van der Waals surface area contributed by atoms with Gasteiger partial charge in [-0.1, -0.05) is 20.8 Å². The van der Waals surface area contributed by atoms with Crippen molar-refractivity contribution in [2.24, 2.45) is 11.8 Å². The third-order valence-corrected chi connectivity index (χ3v) is 1.48. The van der Waals surface area contributed by atoms with E-state index in [2.05, 4.69) is 44.5 Å². The number of rotatable bonds is 2. The van der Waals surface area contributed by atoms with E-state index in [1.807, 2.05) is 6.92 Å². The fraction of sp³-hybridized carbons (Fsp3) is 0.667. The normalized spacial score (nSPS) is 11.1. The van der Waals surface area contributed by atoms with Crippen molar-refractivity contribution in [1.29, 1.82) is 0 Å². The zero-order valence-electron chi connectivity index (χ0n) is 8.57. The van der Waals surface area contributed by atoms with Crippen molar-refractivity contribution in [3.05, 3.63) is 0 Å². The maximum Gasteiger partial charge on any atom is 0.0183 e. The lowest BCUT2D eigenvalue weighted by molar-refractivity contribution is 0.686. The molecular formula is C12H18. The average Bonchev–Trinajstić information content (AvgIpc) is 1.98. The summed E-state index contributed by atoms with van der Waals surface area (Å²) < 4.78 is 0. The highest BCUT2D eigenvalue weighted by Crippen LogP contribution is 2.02. The maximum atomic E-state index is 3.16. The van der Waals surface area contributed by atoms with Crippen LogP contribution in [0.15, 0.2) is 0 Å². The molecule has 66 valence electrons. The van der Waals surface area contributed by atoms with Crippen LogP contribution in [0.25, 0.3) is 0 Å². The topological polar surface area (TPSA) is 0 Å². The summed E-state index contributed by atoms with van der Waals surface area (Å²) >= 11 is 0. The molecule has 0 radical (unpaired) electrons. The predicted octanol–water partition coefficient (Wildman–Crippen LogP) is 3.09. The van der Waals surface area contributed by atoms with Crippen LogP contribution in [0.1, 0.15) is 40.5 Å². The van der Waals surface area contributed by atoms with Gasteiger partial charge < -0.3 is 0 Å². The van der Waals surface area contributed by atoms with E-state index in [0.29, 0.717) is 11.8 Å². The van der Waals surface area contributed by atoms with Crippen LogP contribution in [-0.4, -0.2) is 0 Å². The Morgan fingerprint density at radius 1 is 1.08 bits per heavy atom. The van der Waals surface area contributed by atoms with Gasteiger partial charge in [0, 0.05) is 18.3 Å². The van der Waals surface area contributed by atoms with Gasteiger partial charge in [0.25, 0.3) is 0 Å². The second-order valence-electron chi connectivity index (χ2n) is 3.31. The van der Waals surface area contributed by atoms with Gasteiger partial charge in [0.2, 0.25) is 0 Å². The number of hydrogen-bond donors (Lipinski definition) is 0. The highest BCUT2D eigenvalue weighted by Gasteiger charge is 1.93. The van der Waals surface area contributed by atoms with Crippen LogP contribution >= 0.6 is 0 Å². The van der Waals surface area contributed by atoms with E-state index >= 15 is 0 Å². The molecule has 0 aromatic heterocycles. The Hall–Kier alpha value is -0.880. The van der Waals surface area contributed by atoms with Crippen LogP contribution < -0.4 is 0 Å². The number of hydrogen-bond acceptors (Lipinski definition) is 0. The van der Waals surface area contributed by atoms with Gasteiger partial charge in [-0.3, -0.25) is 0 Å². The Kier molecular flexibility index (Phi) is 6.31. The molecule has 0 saturated heterocycles. The highest BCUT2D eigenvalue weighted by molar-refractivity contribution is 5.04. The Morgan fingerprint density at radius 3 is 2.25 bits per heavy atom. The SMILES string of the molecule is CC#CC(C)CCC#CC(C)C. The molecule has 0 aromatic rings. The third-order valence-electron chi connectivity index (χ3n) is 1.48. The molecule has 12 heavy (non-hydrogen) atoms. The zero-order chi connectivity index (χ0) is 9.40. The molecule has 0 amide bonds. The smallest absolute Gasteiger partial charge is 0.0183 e. The lowest BCUT2D eigenvalue weighted by Crippen LogP contribution is -1.88. The van der Waals surface area contributed by atoms with E-state index in [4.69, 9.17) is 0 Å². The van der Waals surface area contributed by atoms with E-state index in [0.717, 1.165) is 12.8 Å². The van der Waals surface area contributed by atoms with Gasteiger partial charge in [-0.2, -0.15) is 0 Å². The van der Waals surface area contributed by atoms with Crippen molar-refractivity contribution in [3.63, 3.8) is 0 Å². The first-order valence-electron chi connectivity index (χ1n) is 4.57. The van der Waals surface area contributed by atoms with E-state index in [-0.39, 0.29) is 0 Å². The molecule has 0 spiro atoms. The van der Waals surface area contributed by atoms with E-state index in [1.165, 1.54) is 0 Å². The summed E-state index contributed by atoms with van der Waals surface area (Å²) in [7, 11) is 0. The molecule has 0 heteroatoms. The van der Waals surface area contributed by atoms with Crippen LogP contribution in [-0.2, 0) is 0 Å². The first-order chi connectivity index (χ1) is 5.66. The minimum absolute atomic E-state index is 0.497. The molecule has 0 aliphatic heterocycles. The van der Waals surface area contributed by atoms with E-state index in [9.17, 15) is 0 Å². The molecule has 0 bridgehead atoms. The summed E-state index contributed by atoms with van der Waals surface area (Å²) in [6, 6.07) is 0. The molecule has 0 saturated carbocycles. The quantitative estimate of drug-likeness (QED) is 0.547. The maximum absolute atomic E-state index is 3.16. The van der Waals surface area contributed by atoms with Crippen LogP contribution in [0.4, 0.5) is 0 Å². The predicted molar refractivity (Wildman–Crippen MR) is 54.5 cm³/mol. The van der Waals surface area contributed by atoms with Crippen LogP contribution in [0.5, 0.6) is 0 Å². The molecule has 0 aliphatic carbocycles. The van der Waals surface area contributed by atoms with E-state index < -0.39 is 0 Å². The van der Waals surface area contributed by atoms with Gasteiger partial charge in [-0.05, 0) is 13.3 Å². The van der Waals surface area contributed by atoms with Crippen molar-refractivity contribution in [3.8, 4) is 23.7 Å². The highest BCUT2D eigenvalue weighted by atomic mass is 14.0. The second kappa shape index (κ2) is 6.81. The summed E-state index contributed by atoms with van der Waals surface area (Å²) in [6.07, 6.45) is 2.08. The van der Waals surface area contributed by atoms with Crippen molar-refractivity contribution >= 4 is 0 Å². The Bertz CT molecular complexity index is 214. The minimum Gasteiger partial charge on any atom is -0.106 e. The monoisotopic (exact) mass is 162 g/mol. The summed E-state index contributed by atoms with van der Waals surface area (Å²) in [5, 5.41) is 0. The van der Waals surface area contributed by atoms with Crippen LogP contribution in [0.2, 0.25) is 0 Å². The van der Waals surface area contributed by atoms with Gasteiger partial charge in [-0.15, -0.1) is 23.7 Å². The molecule has 1 unspecified atom stereocenters. The summed E-state index contributed by atoms with van der Waals surface area (Å²) in [5.41, 5.74) is 0. The van der Waals surface area contributed by atoms with Crippen molar-refractivity contribution in [1.82, 2.24) is 0 Å². The van der Waals surface area contributed by atoms with Crippen molar-refractivity contribution < 1.29 is 0 Å². The average molecular weight is 162 g/mol. The third kappa shape index (κ3) is 7.23. The van der Waals surface area contributed by atoms with Crippen LogP contribution in [0, 0.1) is 35.5 Å². The van der Waals surface area contributed by atoms with E-state index in [1.54, 1.807) is 0 Å². The van der Waals surface area contributed by atoms with Gasteiger partial charge >= 0.3 is 0 Å². The zero-order valence-corrected chi connectivity index (χ0v) is 8.57. The fourth-order valence-electron chi connectivity index (χ4n) is 0.884. The van der Waals surface area contributed by atoms with Gasteiger partial charge in [0.05, 0.1) is 0 Å². The van der Waals surface area contributed by atoms with Gasteiger partial charge in [0.1, 0.15) is 0 Å². The van der Waals surface area contributed by atoms with Crippen LogP contribution in [0.3, 0.4) is 0 Å². The standard InChI is InChI=1S/C12H18/c1-5-8-12(4)10-7-6-9-11(2)3/h11-12H,7,10H2,1-4H3. The van der Waals surface area contributed by atoms with Gasteiger partial charge in [0.15, 0.2) is 0 Å². The molecule has 0 nitrogen and oxygen atoms in total. The summed E-state index contributed by atoms with van der Waals surface area (Å²) in [4.78, 5) is 0. The Labute approximate surface area is 76.8 Å². The first-order valence-corrected chi connectivity index (χ1v) is 4.57. The lowest BCUT2D eigenvalue weighted by atomic mass is 10.1. The molecule has 0 N–H and O–H groups in total.